The lowest BCUT2D eigenvalue weighted by molar-refractivity contribution is -0.123. The highest BCUT2D eigenvalue weighted by molar-refractivity contribution is 7.92. The summed E-state index contributed by atoms with van der Waals surface area (Å²) < 4.78 is 32.4. The fourth-order valence-electron chi connectivity index (χ4n) is 3.07. The first-order valence-corrected chi connectivity index (χ1v) is 11.9. The highest BCUT2D eigenvalue weighted by atomic mass is 32.2. The predicted octanol–water partition coefficient (Wildman–Crippen LogP) is 4.26. The van der Waals surface area contributed by atoms with Crippen LogP contribution in [0.4, 0.5) is 11.4 Å². The molecule has 3 rings (SSSR count). The van der Waals surface area contributed by atoms with Gasteiger partial charge in [-0.25, -0.2) is 13.2 Å². The maximum atomic E-state index is 13.0. The van der Waals surface area contributed by atoms with Crippen LogP contribution in [0.2, 0.25) is 0 Å². The van der Waals surface area contributed by atoms with Crippen molar-refractivity contribution in [3.05, 3.63) is 90.0 Å². The van der Waals surface area contributed by atoms with Gasteiger partial charge in [0.15, 0.2) is 6.10 Å². The van der Waals surface area contributed by atoms with Gasteiger partial charge in [-0.15, -0.1) is 0 Å². The summed E-state index contributed by atoms with van der Waals surface area (Å²) in [5.41, 5.74) is 2.25. The minimum absolute atomic E-state index is 0.0319. The quantitative estimate of drug-likeness (QED) is 0.501. The highest BCUT2D eigenvalue weighted by Gasteiger charge is 2.24. The highest BCUT2D eigenvalue weighted by Crippen LogP contribution is 2.22. The Morgan fingerprint density at radius 2 is 1.64 bits per heavy atom. The molecule has 0 aliphatic rings. The average Bonchev–Trinajstić information content (AvgIpc) is 2.84. The van der Waals surface area contributed by atoms with E-state index in [4.69, 9.17) is 4.74 Å². The molecule has 0 spiro atoms. The zero-order valence-electron chi connectivity index (χ0n) is 18.7. The summed E-state index contributed by atoms with van der Waals surface area (Å²) in [6.07, 6.45) is -0.186. The van der Waals surface area contributed by atoms with Gasteiger partial charge in [-0.05, 0) is 61.4 Å². The second-order valence-electron chi connectivity index (χ2n) is 7.42. The average molecular weight is 467 g/mol. The molecule has 1 N–H and O–H groups in total. The third-order valence-electron chi connectivity index (χ3n) is 5.13. The Balaban J connectivity index is 1.70. The van der Waals surface area contributed by atoms with Crippen LogP contribution in [0.5, 0.6) is 0 Å². The Hall–Kier alpha value is -3.65. The normalized spacial score (nSPS) is 12.0. The molecule has 0 aliphatic heterocycles. The lowest BCUT2D eigenvalue weighted by atomic mass is 10.1. The van der Waals surface area contributed by atoms with E-state index >= 15 is 0 Å². The zero-order chi connectivity index (χ0) is 24.0. The summed E-state index contributed by atoms with van der Waals surface area (Å²) in [5.74, 6) is -1.28. The van der Waals surface area contributed by atoms with Gasteiger partial charge < -0.3 is 10.1 Å². The van der Waals surface area contributed by atoms with E-state index in [9.17, 15) is 18.0 Å². The summed E-state index contributed by atoms with van der Waals surface area (Å²) in [7, 11) is -2.45. The summed E-state index contributed by atoms with van der Waals surface area (Å²) in [6.45, 7) is 3.49. The van der Waals surface area contributed by atoms with Gasteiger partial charge in [-0.2, -0.15) is 0 Å². The monoisotopic (exact) mass is 466 g/mol. The number of nitrogens with zero attached hydrogens (tertiary/aromatic N) is 1. The second kappa shape index (κ2) is 10.3. The first-order valence-electron chi connectivity index (χ1n) is 10.5. The molecule has 1 unspecified atom stereocenters. The maximum absolute atomic E-state index is 13.0. The standard InChI is InChI=1S/C25H26N2O5S/c1-4-19-13-15-21(16-14-19)26-24(28)18(2)32-25(29)20-9-8-12-23(17-20)33(30,31)27(3)22-10-6-5-7-11-22/h5-18H,4H2,1-3H3,(H,26,28). The predicted molar refractivity (Wildman–Crippen MR) is 128 cm³/mol. The van der Waals surface area contributed by atoms with Gasteiger partial charge in [-0.3, -0.25) is 9.10 Å². The van der Waals surface area contributed by atoms with Crippen LogP contribution in [-0.2, 0) is 26.0 Å². The Labute approximate surface area is 194 Å². The summed E-state index contributed by atoms with van der Waals surface area (Å²) >= 11 is 0. The number of anilines is 2. The molecule has 1 amide bonds. The first kappa shape index (κ1) is 24.0. The van der Waals surface area contributed by atoms with Gasteiger partial charge >= 0.3 is 5.97 Å². The number of nitrogens with one attached hydrogen (secondary N) is 1. The number of carbonyl (C=O) groups is 2. The minimum Gasteiger partial charge on any atom is -0.449 e. The minimum atomic E-state index is -3.89. The zero-order valence-corrected chi connectivity index (χ0v) is 19.5. The fraction of sp³-hybridized carbons (Fsp3) is 0.200. The second-order valence-corrected chi connectivity index (χ2v) is 9.39. The number of rotatable bonds is 8. The van der Waals surface area contributed by atoms with Crippen molar-refractivity contribution in [3.8, 4) is 0 Å². The van der Waals surface area contributed by atoms with E-state index in [0.717, 1.165) is 16.3 Å². The van der Waals surface area contributed by atoms with Crippen molar-refractivity contribution in [2.75, 3.05) is 16.7 Å². The van der Waals surface area contributed by atoms with Crippen LogP contribution in [0.25, 0.3) is 0 Å². The lowest BCUT2D eigenvalue weighted by Crippen LogP contribution is -2.30. The van der Waals surface area contributed by atoms with Crippen molar-refractivity contribution < 1.29 is 22.7 Å². The number of amides is 1. The van der Waals surface area contributed by atoms with Crippen molar-refractivity contribution in [2.45, 2.75) is 31.3 Å². The Morgan fingerprint density at radius 1 is 0.970 bits per heavy atom. The van der Waals surface area contributed by atoms with Crippen LogP contribution in [0.3, 0.4) is 0 Å². The van der Waals surface area contributed by atoms with Crippen LogP contribution < -0.4 is 9.62 Å². The molecule has 0 bridgehead atoms. The van der Waals surface area contributed by atoms with Crippen LogP contribution >= 0.6 is 0 Å². The molecule has 0 fully saturated rings. The molecule has 33 heavy (non-hydrogen) atoms. The third-order valence-corrected chi connectivity index (χ3v) is 6.91. The van der Waals surface area contributed by atoms with Crippen LogP contribution in [0, 0.1) is 0 Å². The molecule has 0 saturated heterocycles. The number of hydrogen-bond donors (Lipinski definition) is 1. The molecule has 0 aliphatic carbocycles. The number of ether oxygens (including phenoxy) is 1. The SMILES string of the molecule is CCc1ccc(NC(=O)C(C)OC(=O)c2cccc(S(=O)(=O)N(C)c3ccccc3)c2)cc1. The summed E-state index contributed by atoms with van der Waals surface area (Å²) in [4.78, 5) is 25.0. The molecule has 3 aromatic rings. The molecule has 0 saturated carbocycles. The number of sulfonamides is 1. The van der Waals surface area contributed by atoms with E-state index in [2.05, 4.69) is 5.32 Å². The van der Waals surface area contributed by atoms with Gasteiger partial charge in [0.25, 0.3) is 15.9 Å². The number of hydrogen-bond acceptors (Lipinski definition) is 5. The molecule has 1 atom stereocenters. The molecule has 0 radical (unpaired) electrons. The third kappa shape index (κ3) is 5.78. The van der Waals surface area contributed by atoms with E-state index in [-0.39, 0.29) is 10.5 Å². The van der Waals surface area contributed by atoms with Gasteiger partial charge in [0.2, 0.25) is 0 Å². The summed E-state index contributed by atoms with van der Waals surface area (Å²) in [5, 5.41) is 2.70. The Morgan fingerprint density at radius 3 is 2.27 bits per heavy atom. The summed E-state index contributed by atoms with van der Waals surface area (Å²) in [6, 6.07) is 21.5. The number of carbonyl (C=O) groups excluding carboxylic acids is 2. The lowest BCUT2D eigenvalue weighted by Gasteiger charge is -2.20. The number of esters is 1. The molecular formula is C25H26N2O5S. The maximum Gasteiger partial charge on any atom is 0.338 e. The largest absolute Gasteiger partial charge is 0.449 e. The number of benzene rings is 3. The van der Waals surface area contributed by atoms with Crippen molar-refractivity contribution in [3.63, 3.8) is 0 Å². The van der Waals surface area contributed by atoms with Gasteiger partial charge in [0.05, 0.1) is 16.1 Å². The molecule has 3 aromatic carbocycles. The van der Waals surface area contributed by atoms with Crippen molar-refractivity contribution in [1.29, 1.82) is 0 Å². The molecule has 7 nitrogen and oxygen atoms in total. The van der Waals surface area contributed by atoms with Crippen LogP contribution in [-0.4, -0.2) is 33.4 Å². The van der Waals surface area contributed by atoms with Crippen molar-refractivity contribution in [1.82, 2.24) is 0 Å². The van der Waals surface area contributed by atoms with Crippen molar-refractivity contribution in [2.24, 2.45) is 0 Å². The number of para-hydroxylation sites is 1. The Bertz CT molecular complexity index is 1230. The van der Waals surface area contributed by atoms with Gasteiger partial charge in [-0.1, -0.05) is 43.3 Å². The number of aryl methyl sites for hydroxylation is 1. The molecule has 172 valence electrons. The van der Waals surface area contributed by atoms with E-state index in [0.29, 0.717) is 11.4 Å². The molecular weight excluding hydrogens is 440 g/mol. The molecule has 8 heteroatoms. The van der Waals surface area contributed by atoms with Crippen molar-refractivity contribution >= 4 is 33.3 Å². The smallest absolute Gasteiger partial charge is 0.338 e. The first-order chi connectivity index (χ1) is 15.7. The van der Waals surface area contributed by atoms with E-state index in [1.807, 2.05) is 19.1 Å². The fourth-order valence-corrected chi connectivity index (χ4v) is 4.31. The van der Waals surface area contributed by atoms with E-state index < -0.39 is 28.0 Å². The van der Waals surface area contributed by atoms with E-state index in [1.54, 1.807) is 42.5 Å². The van der Waals surface area contributed by atoms with Gasteiger partial charge in [0, 0.05) is 12.7 Å². The Kier molecular flexibility index (Phi) is 7.50. The van der Waals surface area contributed by atoms with Crippen LogP contribution in [0.15, 0.2) is 83.8 Å². The molecule has 0 heterocycles. The molecule has 0 aromatic heterocycles. The van der Waals surface area contributed by atoms with Gasteiger partial charge in [0.1, 0.15) is 0 Å². The van der Waals surface area contributed by atoms with Crippen LogP contribution in [0.1, 0.15) is 29.8 Å². The van der Waals surface area contributed by atoms with E-state index in [1.165, 1.54) is 38.2 Å². The topological polar surface area (TPSA) is 92.8 Å².